The van der Waals surface area contributed by atoms with E-state index in [-0.39, 0.29) is 18.5 Å². The van der Waals surface area contributed by atoms with Gasteiger partial charge in [0.1, 0.15) is 24.0 Å². The summed E-state index contributed by atoms with van der Waals surface area (Å²) in [4.78, 5) is 4.72. The van der Waals surface area contributed by atoms with Crippen LogP contribution >= 0.6 is 0 Å². The number of nitrogens with two attached hydrogens (primary N) is 1. The average molecular weight is 332 g/mol. The highest BCUT2D eigenvalue weighted by molar-refractivity contribution is 5.22. The Morgan fingerprint density at radius 3 is 2.79 bits per heavy atom. The summed E-state index contributed by atoms with van der Waals surface area (Å²) >= 11 is 0. The number of rotatable bonds is 6. The van der Waals surface area contributed by atoms with Crippen LogP contribution in [0.1, 0.15) is 56.6 Å². The minimum absolute atomic E-state index is 0.259. The van der Waals surface area contributed by atoms with Gasteiger partial charge in [0.15, 0.2) is 5.82 Å². The first-order valence-corrected chi connectivity index (χ1v) is 8.73. The van der Waals surface area contributed by atoms with Gasteiger partial charge in [-0.3, -0.25) is 0 Å². The van der Waals surface area contributed by atoms with Gasteiger partial charge in [0.2, 0.25) is 0 Å². The molecule has 0 spiro atoms. The maximum absolute atomic E-state index is 12.9. The minimum Gasteiger partial charge on any atom is -0.486 e. The number of aromatic nitrogens is 3. The molecule has 24 heavy (non-hydrogen) atoms. The highest BCUT2D eigenvalue weighted by Crippen LogP contribution is 2.31. The van der Waals surface area contributed by atoms with E-state index in [9.17, 15) is 4.39 Å². The molecule has 0 aliphatic heterocycles. The molecule has 3 rings (SSSR count). The Balaban J connectivity index is 1.71. The van der Waals surface area contributed by atoms with Gasteiger partial charge in [-0.15, -0.1) is 0 Å². The van der Waals surface area contributed by atoms with Crippen molar-refractivity contribution < 1.29 is 9.13 Å². The monoisotopic (exact) mass is 332 g/mol. The van der Waals surface area contributed by atoms with E-state index in [1.54, 1.807) is 12.1 Å². The molecule has 1 aliphatic rings. The van der Waals surface area contributed by atoms with E-state index in [2.05, 4.69) is 12.0 Å². The molecule has 1 fully saturated rings. The largest absolute Gasteiger partial charge is 0.486 e. The number of hydrogen-bond acceptors (Lipinski definition) is 4. The molecule has 1 aliphatic carbocycles. The second-order valence-electron chi connectivity index (χ2n) is 6.48. The summed E-state index contributed by atoms with van der Waals surface area (Å²) in [5.41, 5.74) is 6.13. The van der Waals surface area contributed by atoms with Crippen molar-refractivity contribution in [2.24, 2.45) is 5.73 Å². The maximum Gasteiger partial charge on any atom is 0.188 e. The summed E-state index contributed by atoms with van der Waals surface area (Å²) in [5, 5.41) is 4.60. The zero-order chi connectivity index (χ0) is 16.9. The van der Waals surface area contributed by atoms with E-state index in [1.165, 1.54) is 12.1 Å². The van der Waals surface area contributed by atoms with Crippen LogP contribution in [0.2, 0.25) is 0 Å². The highest BCUT2D eigenvalue weighted by Gasteiger charge is 2.25. The van der Waals surface area contributed by atoms with Gasteiger partial charge in [-0.25, -0.2) is 14.1 Å². The van der Waals surface area contributed by atoms with Crippen LogP contribution < -0.4 is 10.5 Å². The summed E-state index contributed by atoms with van der Waals surface area (Å²) < 4.78 is 20.6. The Morgan fingerprint density at radius 1 is 1.29 bits per heavy atom. The standard InChI is InChI=1S/C18H25FN4O/c1-2-10-23-18(13-4-3-5-15(20)11-13)21-17(22-23)12-24-16-8-6-14(19)7-9-16/h6-9,13,15H,2-5,10-12,20H2,1H3/t13-,15+/m1/s1. The van der Waals surface area contributed by atoms with Gasteiger partial charge in [-0.1, -0.05) is 13.3 Å². The van der Waals surface area contributed by atoms with E-state index in [0.717, 1.165) is 44.5 Å². The topological polar surface area (TPSA) is 66.0 Å². The Morgan fingerprint density at radius 2 is 2.08 bits per heavy atom. The fourth-order valence-corrected chi connectivity index (χ4v) is 3.28. The number of nitrogens with zero attached hydrogens (tertiary/aromatic N) is 3. The van der Waals surface area contributed by atoms with Crippen LogP contribution in [0.5, 0.6) is 5.75 Å². The number of ether oxygens (including phenoxy) is 1. The van der Waals surface area contributed by atoms with Crippen LogP contribution in [0, 0.1) is 5.82 Å². The summed E-state index contributed by atoms with van der Waals surface area (Å²) in [5.74, 6) is 2.42. The third-order valence-corrected chi connectivity index (χ3v) is 4.44. The maximum atomic E-state index is 12.9. The predicted octanol–water partition coefficient (Wildman–Crippen LogP) is 3.39. The lowest BCUT2D eigenvalue weighted by atomic mass is 9.85. The summed E-state index contributed by atoms with van der Waals surface area (Å²) in [6.07, 6.45) is 5.34. The minimum atomic E-state index is -0.274. The number of aryl methyl sites for hydroxylation is 1. The van der Waals surface area contributed by atoms with Crippen molar-refractivity contribution in [2.45, 2.75) is 64.1 Å². The summed E-state index contributed by atoms with van der Waals surface area (Å²) in [6, 6.07) is 6.24. The van der Waals surface area contributed by atoms with Crippen LogP contribution in [-0.4, -0.2) is 20.8 Å². The summed E-state index contributed by atoms with van der Waals surface area (Å²) in [7, 11) is 0. The second-order valence-corrected chi connectivity index (χ2v) is 6.48. The van der Waals surface area contributed by atoms with Crippen molar-refractivity contribution in [3.05, 3.63) is 41.7 Å². The third kappa shape index (κ3) is 4.12. The summed E-state index contributed by atoms with van der Waals surface area (Å²) in [6.45, 7) is 3.27. The van der Waals surface area contributed by atoms with Crippen molar-refractivity contribution in [3.63, 3.8) is 0 Å². The average Bonchev–Trinajstić information content (AvgIpc) is 2.98. The fourth-order valence-electron chi connectivity index (χ4n) is 3.28. The molecule has 0 bridgehead atoms. The smallest absolute Gasteiger partial charge is 0.188 e. The first-order chi connectivity index (χ1) is 11.7. The predicted molar refractivity (Wildman–Crippen MR) is 90.2 cm³/mol. The Kier molecular flexibility index (Phi) is 5.45. The van der Waals surface area contributed by atoms with Crippen molar-refractivity contribution in [1.29, 1.82) is 0 Å². The van der Waals surface area contributed by atoms with E-state index in [1.807, 2.05) is 4.68 Å². The molecule has 0 unspecified atom stereocenters. The van der Waals surface area contributed by atoms with Crippen LogP contribution in [0.4, 0.5) is 4.39 Å². The van der Waals surface area contributed by atoms with Crippen molar-refractivity contribution >= 4 is 0 Å². The van der Waals surface area contributed by atoms with E-state index in [0.29, 0.717) is 17.5 Å². The van der Waals surface area contributed by atoms with E-state index >= 15 is 0 Å². The molecular weight excluding hydrogens is 307 g/mol. The first kappa shape index (κ1) is 16.9. The molecule has 2 N–H and O–H groups in total. The quantitative estimate of drug-likeness (QED) is 0.880. The molecule has 0 radical (unpaired) electrons. The van der Waals surface area contributed by atoms with Gasteiger partial charge in [-0.05, 0) is 49.9 Å². The molecule has 0 amide bonds. The van der Waals surface area contributed by atoms with Gasteiger partial charge in [0.25, 0.3) is 0 Å². The van der Waals surface area contributed by atoms with Gasteiger partial charge >= 0.3 is 0 Å². The Labute approximate surface area is 142 Å². The molecular formula is C18H25FN4O. The van der Waals surface area contributed by atoms with E-state index in [4.69, 9.17) is 15.5 Å². The molecule has 1 saturated carbocycles. The first-order valence-electron chi connectivity index (χ1n) is 8.73. The van der Waals surface area contributed by atoms with Crippen LogP contribution in [0.15, 0.2) is 24.3 Å². The number of hydrogen-bond donors (Lipinski definition) is 1. The lowest BCUT2D eigenvalue weighted by molar-refractivity contribution is 0.294. The molecule has 2 atom stereocenters. The Hall–Kier alpha value is -1.95. The molecule has 1 heterocycles. The molecule has 1 aromatic carbocycles. The number of halogens is 1. The van der Waals surface area contributed by atoms with Gasteiger partial charge in [0, 0.05) is 18.5 Å². The fraction of sp³-hybridized carbons (Fsp3) is 0.556. The highest BCUT2D eigenvalue weighted by atomic mass is 19.1. The lowest BCUT2D eigenvalue weighted by Crippen LogP contribution is -2.28. The SMILES string of the molecule is CCCn1nc(COc2ccc(F)cc2)nc1[C@@H]1CCC[C@H](N)C1. The van der Waals surface area contributed by atoms with Gasteiger partial charge < -0.3 is 10.5 Å². The van der Waals surface area contributed by atoms with Crippen molar-refractivity contribution in [1.82, 2.24) is 14.8 Å². The number of benzene rings is 1. The molecule has 1 aromatic heterocycles. The van der Waals surface area contributed by atoms with E-state index < -0.39 is 0 Å². The zero-order valence-corrected chi connectivity index (χ0v) is 14.1. The molecule has 0 saturated heterocycles. The van der Waals surface area contributed by atoms with Crippen molar-refractivity contribution in [2.75, 3.05) is 0 Å². The molecule has 2 aromatic rings. The lowest BCUT2D eigenvalue weighted by Gasteiger charge is -2.26. The van der Waals surface area contributed by atoms with Crippen LogP contribution in [0.25, 0.3) is 0 Å². The molecule has 5 nitrogen and oxygen atoms in total. The second kappa shape index (κ2) is 7.75. The molecule has 6 heteroatoms. The van der Waals surface area contributed by atoms with Crippen LogP contribution in [-0.2, 0) is 13.2 Å². The van der Waals surface area contributed by atoms with Gasteiger partial charge in [0.05, 0.1) is 0 Å². The van der Waals surface area contributed by atoms with Crippen molar-refractivity contribution in [3.8, 4) is 5.75 Å². The zero-order valence-electron chi connectivity index (χ0n) is 14.1. The Bertz CT molecular complexity index is 656. The van der Waals surface area contributed by atoms with Crippen LogP contribution in [0.3, 0.4) is 0 Å². The molecule has 130 valence electrons. The van der Waals surface area contributed by atoms with Gasteiger partial charge in [-0.2, -0.15) is 5.10 Å². The third-order valence-electron chi connectivity index (χ3n) is 4.44. The normalized spacial score (nSPS) is 21.0.